The molecule has 182 valence electrons. The number of hydrogen-bond acceptors (Lipinski definition) is 4. The van der Waals surface area contributed by atoms with Crippen LogP contribution in [0.2, 0.25) is 0 Å². The number of benzene rings is 2. The molecular formula is C30H39NO3. The number of rotatable bonds is 8. The molecule has 4 rings (SSSR count). The molecule has 2 aliphatic heterocycles. The van der Waals surface area contributed by atoms with Crippen LogP contribution in [0.1, 0.15) is 54.1 Å². The van der Waals surface area contributed by atoms with Gasteiger partial charge in [0.25, 0.3) is 0 Å². The number of methoxy groups -OCH3 is 1. The molecule has 1 unspecified atom stereocenters. The van der Waals surface area contributed by atoms with Crippen molar-refractivity contribution in [1.82, 2.24) is 4.90 Å². The number of hydrogen-bond donors (Lipinski definition) is 0. The van der Waals surface area contributed by atoms with Gasteiger partial charge in [0.15, 0.2) is 11.5 Å². The van der Waals surface area contributed by atoms with Gasteiger partial charge in [0, 0.05) is 24.6 Å². The first kappa shape index (κ1) is 25.6. The van der Waals surface area contributed by atoms with E-state index in [1.165, 1.54) is 27.8 Å². The van der Waals surface area contributed by atoms with Gasteiger partial charge >= 0.3 is 0 Å². The molecule has 4 nitrogen and oxygen atoms in total. The summed E-state index contributed by atoms with van der Waals surface area (Å²) in [7, 11) is 1.69. The van der Waals surface area contributed by atoms with Crippen molar-refractivity contribution in [3.8, 4) is 17.2 Å². The second-order valence-corrected chi connectivity index (χ2v) is 8.90. The molecule has 0 spiro atoms. The molecule has 2 aliphatic rings. The Kier molecular flexibility index (Phi) is 9.00. The van der Waals surface area contributed by atoms with E-state index in [1.54, 1.807) is 19.3 Å². The zero-order valence-corrected chi connectivity index (χ0v) is 21.3. The van der Waals surface area contributed by atoms with E-state index in [-0.39, 0.29) is 0 Å². The van der Waals surface area contributed by atoms with Crippen molar-refractivity contribution in [2.75, 3.05) is 26.9 Å². The monoisotopic (exact) mass is 461 g/mol. The first-order valence-electron chi connectivity index (χ1n) is 12.2. The summed E-state index contributed by atoms with van der Waals surface area (Å²) in [5.41, 5.74) is 7.45. The van der Waals surface area contributed by atoms with Crippen molar-refractivity contribution in [2.45, 2.75) is 52.6 Å². The van der Waals surface area contributed by atoms with Gasteiger partial charge in [0.1, 0.15) is 12.4 Å². The fourth-order valence-electron chi connectivity index (χ4n) is 4.76. The van der Waals surface area contributed by atoms with E-state index in [2.05, 4.69) is 56.7 Å². The topological polar surface area (TPSA) is 30.9 Å². The van der Waals surface area contributed by atoms with Crippen LogP contribution in [-0.4, -0.2) is 31.8 Å². The van der Waals surface area contributed by atoms with Gasteiger partial charge in [-0.1, -0.05) is 44.4 Å². The average Bonchev–Trinajstić information content (AvgIpc) is 3.29. The lowest BCUT2D eigenvalue weighted by atomic mass is 9.86. The maximum absolute atomic E-state index is 6.19. The molecule has 0 aliphatic carbocycles. The molecule has 0 saturated carbocycles. The fraction of sp³-hybridized carbons (Fsp3) is 0.400. The minimum Gasteiger partial charge on any atom is -0.493 e. The van der Waals surface area contributed by atoms with Gasteiger partial charge in [-0.05, 0) is 73.2 Å². The van der Waals surface area contributed by atoms with Gasteiger partial charge < -0.3 is 14.2 Å². The molecule has 1 atom stereocenters. The second kappa shape index (κ2) is 11.9. The van der Waals surface area contributed by atoms with Crippen molar-refractivity contribution in [3.05, 3.63) is 89.5 Å². The molecule has 4 heteroatoms. The van der Waals surface area contributed by atoms with Gasteiger partial charge in [0.05, 0.1) is 13.7 Å². The van der Waals surface area contributed by atoms with Crippen molar-refractivity contribution < 1.29 is 14.2 Å². The lowest BCUT2D eigenvalue weighted by Gasteiger charge is -2.39. The molecular weight excluding hydrogens is 422 g/mol. The summed E-state index contributed by atoms with van der Waals surface area (Å²) in [5.74, 6) is 2.66. The quantitative estimate of drug-likeness (QED) is 0.321. The van der Waals surface area contributed by atoms with Gasteiger partial charge in [-0.15, -0.1) is 6.58 Å². The minimum atomic E-state index is 0.325. The standard InChI is InChI=1S/C27H33NO3.C3H6/c1-6-11-28-16-23-20(8-9-25(29-5)27(23)31-17-18(3)7-2)14-24(28)22-15-26-21(10-12-30-26)13-19(22)4;1-3-2/h7-9,13,15,24H,2-3,6,10-12,14,16-17H2,1,4-5H3;3H,1H2,2H3. The van der Waals surface area contributed by atoms with Crippen LogP contribution in [0.4, 0.5) is 0 Å². The van der Waals surface area contributed by atoms with Crippen LogP contribution in [-0.2, 0) is 19.4 Å². The Balaban J connectivity index is 0.00000103. The molecule has 2 aromatic carbocycles. The van der Waals surface area contributed by atoms with E-state index in [9.17, 15) is 0 Å². The summed E-state index contributed by atoms with van der Waals surface area (Å²) in [6.07, 6.45) is 6.54. The third-order valence-corrected chi connectivity index (χ3v) is 6.40. The summed E-state index contributed by atoms with van der Waals surface area (Å²) < 4.78 is 17.7. The van der Waals surface area contributed by atoms with Crippen molar-refractivity contribution in [1.29, 1.82) is 0 Å². The lowest BCUT2D eigenvalue weighted by Crippen LogP contribution is -2.35. The first-order valence-corrected chi connectivity index (χ1v) is 12.2. The molecule has 2 heterocycles. The molecule has 0 fully saturated rings. The van der Waals surface area contributed by atoms with Crippen LogP contribution in [0.25, 0.3) is 0 Å². The highest BCUT2D eigenvalue weighted by molar-refractivity contribution is 5.53. The predicted octanol–water partition coefficient (Wildman–Crippen LogP) is 6.76. The molecule has 2 aromatic rings. The number of ether oxygens (including phenoxy) is 3. The Morgan fingerprint density at radius 2 is 2.00 bits per heavy atom. The highest BCUT2D eigenvalue weighted by atomic mass is 16.5. The Bertz CT molecular complexity index is 1040. The van der Waals surface area contributed by atoms with Gasteiger partial charge in [-0.25, -0.2) is 0 Å². The smallest absolute Gasteiger partial charge is 0.166 e. The highest BCUT2D eigenvalue weighted by Crippen LogP contribution is 2.43. The summed E-state index contributed by atoms with van der Waals surface area (Å²) in [4.78, 5) is 2.57. The van der Waals surface area contributed by atoms with E-state index in [4.69, 9.17) is 14.2 Å². The zero-order valence-electron chi connectivity index (χ0n) is 21.3. The number of aryl methyl sites for hydroxylation is 1. The van der Waals surface area contributed by atoms with Gasteiger partial charge in [0.2, 0.25) is 0 Å². The largest absolute Gasteiger partial charge is 0.493 e. The predicted molar refractivity (Wildman–Crippen MR) is 141 cm³/mol. The minimum absolute atomic E-state index is 0.325. The maximum Gasteiger partial charge on any atom is 0.166 e. The Hall–Kier alpha value is -2.98. The molecule has 0 radical (unpaired) electrons. The lowest BCUT2D eigenvalue weighted by molar-refractivity contribution is 0.167. The maximum atomic E-state index is 6.19. The molecule has 0 bridgehead atoms. The van der Waals surface area contributed by atoms with Crippen molar-refractivity contribution in [2.24, 2.45) is 0 Å². The van der Waals surface area contributed by atoms with E-state index in [0.717, 1.165) is 61.8 Å². The molecule has 0 N–H and O–H groups in total. The average molecular weight is 462 g/mol. The highest BCUT2D eigenvalue weighted by Gasteiger charge is 2.32. The summed E-state index contributed by atoms with van der Waals surface area (Å²) in [5, 5.41) is 0. The van der Waals surface area contributed by atoms with Crippen LogP contribution in [0.15, 0.2) is 61.7 Å². The molecule has 0 aromatic heterocycles. The Labute approximate surface area is 205 Å². The van der Waals surface area contributed by atoms with Gasteiger partial charge in [-0.2, -0.15) is 0 Å². The summed E-state index contributed by atoms with van der Waals surface area (Å²) >= 11 is 0. The fourth-order valence-corrected chi connectivity index (χ4v) is 4.76. The summed E-state index contributed by atoms with van der Waals surface area (Å²) in [6, 6.07) is 9.15. The molecule has 34 heavy (non-hydrogen) atoms. The normalized spacial score (nSPS) is 16.3. The number of fused-ring (bicyclic) bond motifs is 2. The summed E-state index contributed by atoms with van der Waals surface area (Å²) in [6.45, 7) is 20.6. The Morgan fingerprint density at radius 1 is 1.24 bits per heavy atom. The molecule has 0 amide bonds. The van der Waals surface area contributed by atoms with Crippen molar-refractivity contribution in [3.63, 3.8) is 0 Å². The number of allylic oxidation sites excluding steroid dienone is 1. The third kappa shape index (κ3) is 5.56. The van der Waals surface area contributed by atoms with Crippen molar-refractivity contribution >= 4 is 0 Å². The van der Waals surface area contributed by atoms with Crippen LogP contribution < -0.4 is 14.2 Å². The van der Waals surface area contributed by atoms with Crippen LogP contribution in [0.3, 0.4) is 0 Å². The van der Waals surface area contributed by atoms with Gasteiger partial charge in [-0.3, -0.25) is 4.90 Å². The number of nitrogens with zero attached hydrogens (tertiary/aromatic N) is 1. The first-order chi connectivity index (χ1) is 16.5. The van der Waals surface area contributed by atoms with E-state index >= 15 is 0 Å². The van der Waals surface area contributed by atoms with E-state index in [1.807, 2.05) is 13.0 Å². The third-order valence-electron chi connectivity index (χ3n) is 6.40. The second-order valence-electron chi connectivity index (χ2n) is 8.90. The van der Waals surface area contributed by atoms with E-state index in [0.29, 0.717) is 12.6 Å². The van der Waals surface area contributed by atoms with E-state index < -0.39 is 0 Å². The SMILES string of the molecule is C=CC.C=CC(=C)COc1c(OC)ccc2c1CN(CCC)C(c1cc3c(cc1C)CCO3)C2. The van der Waals surface area contributed by atoms with Crippen LogP contribution >= 0.6 is 0 Å². The molecule has 0 saturated heterocycles. The van der Waals surface area contributed by atoms with Crippen LogP contribution in [0.5, 0.6) is 17.2 Å². The Morgan fingerprint density at radius 3 is 2.68 bits per heavy atom. The van der Waals surface area contributed by atoms with Crippen LogP contribution in [0, 0.1) is 6.92 Å². The zero-order chi connectivity index (χ0) is 24.7.